The highest BCUT2D eigenvalue weighted by atomic mass is 16.5. The Morgan fingerprint density at radius 3 is 2.38 bits per heavy atom. The van der Waals surface area contributed by atoms with Gasteiger partial charge < -0.3 is 9.47 Å². The number of nitrogens with zero attached hydrogens (tertiary/aromatic N) is 3. The monoisotopic (exact) mass is 490 g/mol. The molecule has 1 N–H and O–H groups in total. The fraction of sp³-hybridized carbons (Fsp3) is 0.100. The third-order valence-electron chi connectivity index (χ3n) is 6.05. The van der Waals surface area contributed by atoms with Crippen molar-refractivity contribution in [1.82, 2.24) is 15.2 Å². The molecular formula is C30H26N4O3. The smallest absolute Gasteiger partial charge is 0.291 e. The Kier molecular flexibility index (Phi) is 6.68. The SMILES string of the molecule is COc1ccc(/C=N\NC(=O)c2cc(-c3ccc4ccccc4c3)n(-c3ccc(C)cc3)n2)cc1OC. The van der Waals surface area contributed by atoms with Crippen LogP contribution >= 0.6 is 0 Å². The first kappa shape index (κ1) is 23.8. The van der Waals surface area contributed by atoms with Crippen LogP contribution in [0.5, 0.6) is 11.5 Å². The van der Waals surface area contributed by atoms with Gasteiger partial charge in [-0.3, -0.25) is 4.79 Å². The van der Waals surface area contributed by atoms with Crippen molar-refractivity contribution >= 4 is 22.9 Å². The zero-order valence-corrected chi connectivity index (χ0v) is 20.8. The zero-order chi connectivity index (χ0) is 25.8. The van der Waals surface area contributed by atoms with Gasteiger partial charge in [-0.05, 0) is 65.7 Å². The minimum atomic E-state index is -0.412. The number of rotatable bonds is 7. The summed E-state index contributed by atoms with van der Waals surface area (Å²) in [4.78, 5) is 13.0. The maximum Gasteiger partial charge on any atom is 0.291 e. The molecule has 0 saturated heterocycles. The van der Waals surface area contributed by atoms with Gasteiger partial charge in [0.05, 0.1) is 31.8 Å². The number of methoxy groups -OCH3 is 2. The van der Waals surface area contributed by atoms with Gasteiger partial charge in [0.2, 0.25) is 0 Å². The second kappa shape index (κ2) is 10.4. The van der Waals surface area contributed by atoms with Crippen molar-refractivity contribution in [3.05, 3.63) is 108 Å². The van der Waals surface area contributed by atoms with Crippen molar-refractivity contribution in [2.45, 2.75) is 6.92 Å². The van der Waals surface area contributed by atoms with Crippen LogP contribution in [0, 0.1) is 6.92 Å². The number of amides is 1. The lowest BCUT2D eigenvalue weighted by molar-refractivity contribution is 0.0949. The van der Waals surface area contributed by atoms with Gasteiger partial charge in [-0.1, -0.05) is 54.1 Å². The van der Waals surface area contributed by atoms with Gasteiger partial charge in [-0.2, -0.15) is 10.2 Å². The van der Waals surface area contributed by atoms with E-state index >= 15 is 0 Å². The highest BCUT2D eigenvalue weighted by Gasteiger charge is 2.17. The molecule has 0 aliphatic carbocycles. The second-order valence-electron chi connectivity index (χ2n) is 8.54. The molecule has 0 radical (unpaired) electrons. The van der Waals surface area contributed by atoms with Gasteiger partial charge in [0.1, 0.15) is 0 Å². The first-order valence-corrected chi connectivity index (χ1v) is 11.8. The molecule has 184 valence electrons. The lowest BCUT2D eigenvalue weighted by Crippen LogP contribution is -2.18. The fourth-order valence-electron chi connectivity index (χ4n) is 4.08. The summed E-state index contributed by atoms with van der Waals surface area (Å²) in [6.07, 6.45) is 1.54. The molecule has 0 fully saturated rings. The lowest BCUT2D eigenvalue weighted by atomic mass is 10.0. The standard InChI is InChI=1S/C30H26N4O3/c1-20-8-13-25(14-9-20)34-27(24-12-11-22-6-4-5-7-23(22)17-24)18-26(33-34)30(35)32-31-19-21-10-15-28(36-2)29(16-21)37-3/h4-19H,1-3H3,(H,32,35)/b31-19-. The van der Waals surface area contributed by atoms with E-state index in [1.54, 1.807) is 43.3 Å². The number of aromatic nitrogens is 2. The third kappa shape index (κ3) is 5.06. The van der Waals surface area contributed by atoms with Crippen LogP contribution < -0.4 is 14.9 Å². The number of fused-ring (bicyclic) bond motifs is 1. The summed E-state index contributed by atoms with van der Waals surface area (Å²) in [5, 5.41) is 11.0. The molecule has 0 aliphatic rings. The first-order chi connectivity index (χ1) is 18.1. The van der Waals surface area contributed by atoms with Crippen molar-refractivity contribution in [3.8, 4) is 28.4 Å². The predicted molar refractivity (Wildman–Crippen MR) is 146 cm³/mol. The van der Waals surface area contributed by atoms with Crippen LogP contribution in [0.2, 0.25) is 0 Å². The molecule has 0 aliphatic heterocycles. The molecule has 1 aromatic heterocycles. The average Bonchev–Trinajstić information content (AvgIpc) is 3.38. The number of benzene rings is 4. The molecule has 1 heterocycles. The number of hydrogen-bond donors (Lipinski definition) is 1. The van der Waals surface area contributed by atoms with E-state index in [0.717, 1.165) is 38.8 Å². The fourth-order valence-corrected chi connectivity index (χ4v) is 4.08. The summed E-state index contributed by atoms with van der Waals surface area (Å²) >= 11 is 0. The van der Waals surface area contributed by atoms with E-state index in [9.17, 15) is 4.79 Å². The number of aryl methyl sites for hydroxylation is 1. The van der Waals surface area contributed by atoms with Crippen LogP contribution in [0.4, 0.5) is 0 Å². The summed E-state index contributed by atoms with van der Waals surface area (Å²) < 4.78 is 12.4. The number of hydrazone groups is 1. The summed E-state index contributed by atoms with van der Waals surface area (Å²) in [6.45, 7) is 2.03. The molecule has 4 aromatic carbocycles. The molecule has 5 aromatic rings. The van der Waals surface area contributed by atoms with Crippen LogP contribution in [0.3, 0.4) is 0 Å². The first-order valence-electron chi connectivity index (χ1n) is 11.8. The summed E-state index contributed by atoms with van der Waals surface area (Å²) in [5.74, 6) is 0.783. The molecule has 1 amide bonds. The van der Waals surface area contributed by atoms with Crippen molar-refractivity contribution in [2.24, 2.45) is 5.10 Å². The minimum Gasteiger partial charge on any atom is -0.493 e. The highest BCUT2D eigenvalue weighted by molar-refractivity contribution is 5.95. The largest absolute Gasteiger partial charge is 0.493 e. The maximum atomic E-state index is 13.0. The van der Waals surface area contributed by atoms with Crippen LogP contribution in [-0.4, -0.2) is 36.1 Å². The average molecular weight is 491 g/mol. The van der Waals surface area contributed by atoms with Gasteiger partial charge in [0.15, 0.2) is 17.2 Å². The zero-order valence-electron chi connectivity index (χ0n) is 20.8. The molecule has 0 bridgehead atoms. The van der Waals surface area contributed by atoms with E-state index in [1.165, 1.54) is 0 Å². The Morgan fingerprint density at radius 2 is 1.62 bits per heavy atom. The molecule has 0 unspecified atom stereocenters. The number of nitrogens with one attached hydrogen (secondary N) is 1. The topological polar surface area (TPSA) is 77.7 Å². The Bertz CT molecular complexity index is 1600. The van der Waals surface area contributed by atoms with Gasteiger partial charge >= 0.3 is 0 Å². The van der Waals surface area contributed by atoms with E-state index < -0.39 is 5.91 Å². The minimum absolute atomic E-state index is 0.258. The molecule has 0 atom stereocenters. The van der Waals surface area contributed by atoms with E-state index in [1.807, 2.05) is 55.5 Å². The molecule has 37 heavy (non-hydrogen) atoms. The highest BCUT2D eigenvalue weighted by Crippen LogP contribution is 2.28. The van der Waals surface area contributed by atoms with Crippen LogP contribution in [0.25, 0.3) is 27.7 Å². The van der Waals surface area contributed by atoms with Gasteiger partial charge in [0.25, 0.3) is 5.91 Å². The second-order valence-corrected chi connectivity index (χ2v) is 8.54. The van der Waals surface area contributed by atoms with Crippen LogP contribution in [-0.2, 0) is 0 Å². The van der Waals surface area contributed by atoms with Gasteiger partial charge in [0, 0.05) is 5.56 Å². The van der Waals surface area contributed by atoms with E-state index in [4.69, 9.17) is 9.47 Å². The van der Waals surface area contributed by atoms with E-state index in [-0.39, 0.29) is 5.69 Å². The lowest BCUT2D eigenvalue weighted by Gasteiger charge is -2.09. The molecule has 7 heteroatoms. The molecule has 0 saturated carbocycles. The third-order valence-corrected chi connectivity index (χ3v) is 6.05. The maximum absolute atomic E-state index is 13.0. The summed E-state index contributed by atoms with van der Waals surface area (Å²) in [7, 11) is 3.14. The quantitative estimate of drug-likeness (QED) is 0.232. The number of carbonyl (C=O) groups excluding carboxylic acids is 1. The van der Waals surface area contributed by atoms with Gasteiger partial charge in [-0.25, -0.2) is 10.1 Å². The Morgan fingerprint density at radius 1 is 0.865 bits per heavy atom. The molecule has 0 spiro atoms. The molecular weight excluding hydrogens is 464 g/mol. The van der Waals surface area contributed by atoms with Gasteiger partial charge in [-0.15, -0.1) is 0 Å². The Labute approximate surface area is 215 Å². The predicted octanol–water partition coefficient (Wildman–Crippen LogP) is 5.78. The van der Waals surface area contributed by atoms with E-state index in [0.29, 0.717) is 11.5 Å². The van der Waals surface area contributed by atoms with Crippen molar-refractivity contribution in [1.29, 1.82) is 0 Å². The van der Waals surface area contributed by atoms with Crippen molar-refractivity contribution in [2.75, 3.05) is 14.2 Å². The number of ether oxygens (including phenoxy) is 2. The normalized spacial score (nSPS) is 11.1. The summed E-state index contributed by atoms with van der Waals surface area (Å²) in [6, 6.07) is 29.6. The number of hydrogen-bond acceptors (Lipinski definition) is 5. The van der Waals surface area contributed by atoms with Crippen molar-refractivity contribution in [3.63, 3.8) is 0 Å². The van der Waals surface area contributed by atoms with Crippen molar-refractivity contribution < 1.29 is 14.3 Å². The van der Waals surface area contributed by atoms with E-state index in [2.05, 4.69) is 39.9 Å². The molecule has 5 rings (SSSR count). The summed E-state index contributed by atoms with van der Waals surface area (Å²) in [5.41, 5.74) is 7.36. The number of carbonyl (C=O) groups is 1. The Balaban J connectivity index is 1.46. The Hall–Kier alpha value is -4.91. The van der Waals surface area contributed by atoms with Crippen LogP contribution in [0.15, 0.2) is 96.1 Å². The van der Waals surface area contributed by atoms with Crippen LogP contribution in [0.1, 0.15) is 21.6 Å². The molecule has 7 nitrogen and oxygen atoms in total.